The lowest BCUT2D eigenvalue weighted by Crippen LogP contribution is -2.42. The van der Waals surface area contributed by atoms with E-state index in [1.807, 2.05) is 24.3 Å². The predicted octanol–water partition coefficient (Wildman–Crippen LogP) is 1.63. The fourth-order valence-corrected chi connectivity index (χ4v) is 3.11. The number of hydrogen-bond acceptors (Lipinski definition) is 5. The number of para-hydroxylation sites is 1. The molecule has 2 N–H and O–H groups in total. The van der Waals surface area contributed by atoms with Crippen molar-refractivity contribution in [3.8, 4) is 5.75 Å². The summed E-state index contributed by atoms with van der Waals surface area (Å²) in [5, 5.41) is 4.88. The predicted molar refractivity (Wildman–Crippen MR) is 71.2 cm³/mol. The van der Waals surface area contributed by atoms with E-state index >= 15 is 0 Å². The van der Waals surface area contributed by atoms with Crippen LogP contribution in [0.2, 0.25) is 0 Å². The first-order chi connectivity index (χ1) is 9.48. The maximum absolute atomic E-state index is 11.0. The third-order valence-electron chi connectivity index (χ3n) is 3.67. The van der Waals surface area contributed by atoms with Gasteiger partial charge in [0.15, 0.2) is 0 Å². The summed E-state index contributed by atoms with van der Waals surface area (Å²) in [6.07, 6.45) is 3.17. The van der Waals surface area contributed by atoms with Gasteiger partial charge in [0.05, 0.1) is 6.61 Å². The van der Waals surface area contributed by atoms with Crippen molar-refractivity contribution in [1.29, 1.82) is 0 Å². The van der Waals surface area contributed by atoms with Gasteiger partial charge >= 0.3 is 10.3 Å². The van der Waals surface area contributed by atoms with Gasteiger partial charge in [-0.2, -0.15) is 8.42 Å². The first-order valence-electron chi connectivity index (χ1n) is 6.60. The maximum atomic E-state index is 11.0. The van der Waals surface area contributed by atoms with E-state index in [9.17, 15) is 8.42 Å². The highest BCUT2D eigenvalue weighted by atomic mass is 32.2. The molecule has 6 nitrogen and oxygen atoms in total. The molecule has 1 spiro atoms. The lowest BCUT2D eigenvalue weighted by Gasteiger charge is -2.39. The van der Waals surface area contributed by atoms with E-state index in [1.54, 1.807) is 0 Å². The Hall–Kier alpha value is -1.15. The Morgan fingerprint density at radius 2 is 2.00 bits per heavy atom. The van der Waals surface area contributed by atoms with Gasteiger partial charge in [-0.05, 0) is 18.9 Å². The van der Waals surface area contributed by atoms with Gasteiger partial charge in [0, 0.05) is 18.4 Å². The molecule has 0 bridgehead atoms. The van der Waals surface area contributed by atoms with Crippen molar-refractivity contribution >= 4 is 10.3 Å². The van der Waals surface area contributed by atoms with Crippen LogP contribution in [0.25, 0.3) is 0 Å². The summed E-state index contributed by atoms with van der Waals surface area (Å²) >= 11 is 0. The molecule has 1 aromatic rings. The molecule has 20 heavy (non-hydrogen) atoms. The molecule has 0 aromatic heterocycles. The lowest BCUT2D eigenvalue weighted by molar-refractivity contribution is -0.230. The number of ether oxygens (including phenoxy) is 2. The van der Waals surface area contributed by atoms with E-state index < -0.39 is 22.2 Å². The Bertz CT molecular complexity index is 595. The first-order valence-corrected chi connectivity index (χ1v) is 8.08. The van der Waals surface area contributed by atoms with Gasteiger partial charge in [0.2, 0.25) is 5.79 Å². The quantitative estimate of drug-likeness (QED) is 0.916. The molecule has 1 atom stereocenters. The van der Waals surface area contributed by atoms with Crippen molar-refractivity contribution < 1.29 is 22.1 Å². The minimum atomic E-state index is -3.98. The minimum absolute atomic E-state index is 0.138. The highest BCUT2D eigenvalue weighted by Crippen LogP contribution is 2.45. The van der Waals surface area contributed by atoms with Crippen LogP contribution in [-0.2, 0) is 19.2 Å². The molecule has 2 aliphatic rings. The molecular weight excluding hydrogens is 282 g/mol. The van der Waals surface area contributed by atoms with Gasteiger partial charge in [-0.3, -0.25) is 4.18 Å². The number of fused-ring (bicyclic) bond motifs is 1. The fourth-order valence-electron chi connectivity index (χ4n) is 2.80. The molecule has 1 fully saturated rings. The lowest BCUT2D eigenvalue weighted by atomic mass is 10.1. The summed E-state index contributed by atoms with van der Waals surface area (Å²) in [7, 11) is -3.98. The third-order valence-corrected chi connectivity index (χ3v) is 4.13. The van der Waals surface area contributed by atoms with Gasteiger partial charge in [-0.25, -0.2) is 5.14 Å². The zero-order chi connectivity index (χ0) is 14.2. The Kier molecular flexibility index (Phi) is 3.45. The average molecular weight is 299 g/mol. The molecular formula is C13H17NO5S. The number of hydrogen-bond donors (Lipinski definition) is 1. The van der Waals surface area contributed by atoms with Gasteiger partial charge in [0.25, 0.3) is 0 Å². The second-order valence-electron chi connectivity index (χ2n) is 5.14. The van der Waals surface area contributed by atoms with E-state index in [-0.39, 0.29) is 6.61 Å². The normalized spacial score (nSPS) is 24.4. The van der Waals surface area contributed by atoms with Gasteiger partial charge in [0.1, 0.15) is 11.9 Å². The summed E-state index contributed by atoms with van der Waals surface area (Å²) in [6.45, 7) is -0.138. The standard InChI is InChI=1S/C13H17NO5S/c14-20(15,16)17-9-12-10-5-1-2-6-11(10)18-13(19-12)7-3-4-8-13/h1-2,5-6,12H,3-4,7-9H2,(H2,14,15,16). The zero-order valence-electron chi connectivity index (χ0n) is 10.9. The summed E-state index contributed by atoms with van der Waals surface area (Å²) in [5.74, 6) is 0.0736. The largest absolute Gasteiger partial charge is 0.462 e. The summed E-state index contributed by atoms with van der Waals surface area (Å²) < 4.78 is 38.6. The van der Waals surface area contributed by atoms with Crippen molar-refractivity contribution in [2.24, 2.45) is 5.14 Å². The van der Waals surface area contributed by atoms with Gasteiger partial charge < -0.3 is 9.47 Å². The van der Waals surface area contributed by atoms with Gasteiger partial charge in [-0.1, -0.05) is 18.2 Å². The van der Waals surface area contributed by atoms with Crippen molar-refractivity contribution in [1.82, 2.24) is 0 Å². The Morgan fingerprint density at radius 3 is 2.70 bits per heavy atom. The summed E-state index contributed by atoms with van der Waals surface area (Å²) in [6, 6.07) is 7.43. The summed E-state index contributed by atoms with van der Waals surface area (Å²) in [5.41, 5.74) is 0.786. The monoisotopic (exact) mass is 299 g/mol. The molecule has 1 aliphatic heterocycles. The van der Waals surface area contributed by atoms with Crippen LogP contribution < -0.4 is 9.88 Å². The van der Waals surface area contributed by atoms with Crippen LogP contribution in [-0.4, -0.2) is 20.8 Å². The van der Waals surface area contributed by atoms with Crippen molar-refractivity contribution in [3.05, 3.63) is 29.8 Å². The number of benzene rings is 1. The SMILES string of the molecule is NS(=O)(=O)OCC1OC2(CCCC2)Oc2ccccc21. The van der Waals surface area contributed by atoms with Crippen molar-refractivity contribution in [2.45, 2.75) is 37.6 Å². The molecule has 1 saturated carbocycles. The molecule has 3 rings (SSSR count). The van der Waals surface area contributed by atoms with Crippen LogP contribution in [0, 0.1) is 0 Å². The van der Waals surface area contributed by atoms with Gasteiger partial charge in [-0.15, -0.1) is 0 Å². The zero-order valence-corrected chi connectivity index (χ0v) is 11.8. The second kappa shape index (κ2) is 5.00. The number of nitrogens with two attached hydrogens (primary N) is 1. The van der Waals surface area contributed by atoms with Crippen molar-refractivity contribution in [2.75, 3.05) is 6.61 Å². The molecule has 0 saturated heterocycles. The van der Waals surface area contributed by atoms with E-state index in [1.165, 1.54) is 0 Å². The van der Waals surface area contributed by atoms with Crippen LogP contribution in [0.3, 0.4) is 0 Å². The van der Waals surface area contributed by atoms with Crippen molar-refractivity contribution in [3.63, 3.8) is 0 Å². The van der Waals surface area contributed by atoms with E-state index in [0.29, 0.717) is 0 Å². The van der Waals surface area contributed by atoms with Crippen LogP contribution in [0.5, 0.6) is 5.75 Å². The van der Waals surface area contributed by atoms with Crippen LogP contribution >= 0.6 is 0 Å². The molecule has 0 radical (unpaired) electrons. The molecule has 110 valence electrons. The van der Waals surface area contributed by atoms with Crippen LogP contribution in [0.15, 0.2) is 24.3 Å². The maximum Gasteiger partial charge on any atom is 0.333 e. The first kappa shape index (κ1) is 13.8. The average Bonchev–Trinajstić information content (AvgIpc) is 2.83. The minimum Gasteiger partial charge on any atom is -0.462 e. The topological polar surface area (TPSA) is 87.9 Å². The molecule has 1 unspecified atom stereocenters. The van der Waals surface area contributed by atoms with E-state index in [2.05, 4.69) is 0 Å². The van der Waals surface area contributed by atoms with E-state index in [0.717, 1.165) is 37.0 Å². The second-order valence-corrected chi connectivity index (χ2v) is 6.36. The Morgan fingerprint density at radius 1 is 1.30 bits per heavy atom. The number of rotatable bonds is 3. The Balaban J connectivity index is 1.87. The smallest absolute Gasteiger partial charge is 0.333 e. The third kappa shape index (κ3) is 2.80. The molecule has 0 amide bonds. The molecule has 1 aromatic carbocycles. The van der Waals surface area contributed by atoms with Crippen LogP contribution in [0.1, 0.15) is 37.4 Å². The van der Waals surface area contributed by atoms with Crippen LogP contribution in [0.4, 0.5) is 0 Å². The fraction of sp³-hybridized carbons (Fsp3) is 0.538. The highest BCUT2D eigenvalue weighted by Gasteiger charge is 2.44. The molecule has 1 aliphatic carbocycles. The molecule has 1 heterocycles. The Labute approximate surface area is 118 Å². The highest BCUT2D eigenvalue weighted by molar-refractivity contribution is 7.84. The molecule has 7 heteroatoms. The summed E-state index contributed by atoms with van der Waals surface area (Å²) in [4.78, 5) is 0. The van der Waals surface area contributed by atoms with E-state index in [4.69, 9.17) is 18.8 Å².